The van der Waals surface area contributed by atoms with E-state index in [0.29, 0.717) is 6.61 Å². The van der Waals surface area contributed by atoms with Crippen LogP contribution in [0, 0.1) is 19.3 Å². The summed E-state index contributed by atoms with van der Waals surface area (Å²) in [5, 5.41) is 2.97. The number of carbonyl (C=O) groups excluding carboxylic acids is 1. The van der Waals surface area contributed by atoms with Gasteiger partial charge in [-0.2, -0.15) is 0 Å². The molecule has 21 heavy (non-hydrogen) atoms. The van der Waals surface area contributed by atoms with Crippen molar-refractivity contribution in [1.29, 1.82) is 0 Å². The molecule has 3 nitrogen and oxygen atoms in total. The molecule has 0 saturated heterocycles. The van der Waals surface area contributed by atoms with E-state index in [1.54, 1.807) is 0 Å². The van der Waals surface area contributed by atoms with Crippen molar-refractivity contribution >= 4 is 5.91 Å². The summed E-state index contributed by atoms with van der Waals surface area (Å²) in [6, 6.07) is 6.23. The topological polar surface area (TPSA) is 38.3 Å². The first-order valence-electron chi connectivity index (χ1n) is 7.85. The largest absolute Gasteiger partial charge is 0.493 e. The quantitative estimate of drug-likeness (QED) is 0.735. The van der Waals surface area contributed by atoms with E-state index in [4.69, 9.17) is 4.74 Å². The van der Waals surface area contributed by atoms with Crippen LogP contribution in [-0.2, 0) is 4.79 Å². The normalized spacial score (nSPS) is 11.3. The van der Waals surface area contributed by atoms with Gasteiger partial charge in [0.15, 0.2) is 0 Å². The predicted molar refractivity (Wildman–Crippen MR) is 87.7 cm³/mol. The second-order valence-electron chi connectivity index (χ2n) is 6.36. The Kier molecular flexibility index (Phi) is 6.73. The van der Waals surface area contributed by atoms with Gasteiger partial charge in [-0.15, -0.1) is 0 Å². The molecule has 0 aromatic heterocycles. The van der Waals surface area contributed by atoms with E-state index in [0.717, 1.165) is 37.1 Å². The summed E-state index contributed by atoms with van der Waals surface area (Å²) in [6.07, 6.45) is 2.67. The van der Waals surface area contributed by atoms with E-state index in [9.17, 15) is 4.79 Å². The molecule has 3 heteroatoms. The minimum atomic E-state index is -0.333. The molecule has 118 valence electrons. The summed E-state index contributed by atoms with van der Waals surface area (Å²) in [6.45, 7) is 11.6. The van der Waals surface area contributed by atoms with Gasteiger partial charge >= 0.3 is 0 Å². The summed E-state index contributed by atoms with van der Waals surface area (Å²) < 4.78 is 5.84. The first-order valence-corrected chi connectivity index (χ1v) is 7.85. The average molecular weight is 291 g/mol. The number of hydrogen-bond donors (Lipinski definition) is 1. The van der Waals surface area contributed by atoms with Crippen LogP contribution < -0.4 is 10.1 Å². The van der Waals surface area contributed by atoms with Gasteiger partial charge in [-0.1, -0.05) is 32.9 Å². The molecule has 0 radical (unpaired) electrons. The first kappa shape index (κ1) is 17.5. The van der Waals surface area contributed by atoms with Crippen LogP contribution in [-0.4, -0.2) is 19.1 Å². The van der Waals surface area contributed by atoms with Crippen LogP contribution >= 0.6 is 0 Å². The monoisotopic (exact) mass is 291 g/mol. The molecule has 0 fully saturated rings. The highest BCUT2D eigenvalue weighted by molar-refractivity contribution is 5.81. The third-order valence-electron chi connectivity index (χ3n) is 3.70. The van der Waals surface area contributed by atoms with Gasteiger partial charge in [0, 0.05) is 12.0 Å². The van der Waals surface area contributed by atoms with Crippen LogP contribution in [0.4, 0.5) is 0 Å². The zero-order valence-corrected chi connectivity index (χ0v) is 14.1. The van der Waals surface area contributed by atoms with Crippen molar-refractivity contribution in [2.75, 3.05) is 13.2 Å². The molecule has 1 amide bonds. The Balaban J connectivity index is 2.39. The molecule has 0 bridgehead atoms. The lowest BCUT2D eigenvalue weighted by Gasteiger charge is -2.23. The summed E-state index contributed by atoms with van der Waals surface area (Å²) in [4.78, 5) is 12.0. The highest BCUT2D eigenvalue weighted by atomic mass is 16.5. The number of benzene rings is 1. The molecule has 1 aromatic rings. The van der Waals surface area contributed by atoms with Gasteiger partial charge < -0.3 is 10.1 Å². The number of hydrogen-bond acceptors (Lipinski definition) is 2. The van der Waals surface area contributed by atoms with Crippen molar-refractivity contribution in [1.82, 2.24) is 5.32 Å². The highest BCUT2D eigenvalue weighted by Gasteiger charge is 2.26. The minimum Gasteiger partial charge on any atom is -0.493 e. The van der Waals surface area contributed by atoms with Gasteiger partial charge in [0.1, 0.15) is 5.75 Å². The van der Waals surface area contributed by atoms with E-state index in [-0.39, 0.29) is 11.3 Å². The molecule has 1 aromatic carbocycles. The van der Waals surface area contributed by atoms with Crippen molar-refractivity contribution in [3.8, 4) is 5.75 Å². The summed E-state index contributed by atoms with van der Waals surface area (Å²) in [5.41, 5.74) is 2.02. The summed E-state index contributed by atoms with van der Waals surface area (Å²) >= 11 is 0. The SMILES string of the molecule is CCCNC(=O)C(C)(C)CCCOc1cc(C)ccc1C. The minimum absolute atomic E-state index is 0.135. The van der Waals surface area contributed by atoms with Gasteiger partial charge in [-0.3, -0.25) is 4.79 Å². The maximum absolute atomic E-state index is 12.0. The predicted octanol–water partition coefficient (Wildman–Crippen LogP) is 4.01. The Morgan fingerprint density at radius 1 is 1.29 bits per heavy atom. The Bertz CT molecular complexity index is 466. The maximum Gasteiger partial charge on any atom is 0.225 e. The number of carbonyl (C=O) groups is 1. The molecule has 1 rings (SSSR count). The Labute approximate surface area is 129 Å². The zero-order valence-electron chi connectivity index (χ0n) is 14.1. The molecule has 0 aliphatic heterocycles. The lowest BCUT2D eigenvalue weighted by Crippen LogP contribution is -2.37. The lowest BCUT2D eigenvalue weighted by atomic mass is 9.87. The van der Waals surface area contributed by atoms with E-state index < -0.39 is 0 Å². The second kappa shape index (κ2) is 8.06. The van der Waals surface area contributed by atoms with Gasteiger partial charge in [0.2, 0.25) is 5.91 Å². The van der Waals surface area contributed by atoms with Crippen LogP contribution in [0.3, 0.4) is 0 Å². The fourth-order valence-electron chi connectivity index (χ4n) is 2.15. The van der Waals surface area contributed by atoms with Crippen molar-refractivity contribution < 1.29 is 9.53 Å². The molecule has 0 saturated carbocycles. The highest BCUT2D eigenvalue weighted by Crippen LogP contribution is 2.24. The Morgan fingerprint density at radius 3 is 2.67 bits per heavy atom. The summed E-state index contributed by atoms with van der Waals surface area (Å²) in [5.74, 6) is 1.08. The number of aryl methyl sites for hydroxylation is 2. The van der Waals surface area contributed by atoms with Gasteiger partial charge in [0.25, 0.3) is 0 Å². The summed E-state index contributed by atoms with van der Waals surface area (Å²) in [7, 11) is 0. The number of nitrogens with one attached hydrogen (secondary N) is 1. The third-order valence-corrected chi connectivity index (χ3v) is 3.70. The average Bonchev–Trinajstić information content (AvgIpc) is 2.44. The van der Waals surface area contributed by atoms with Crippen LogP contribution in [0.5, 0.6) is 5.75 Å². The molecular weight excluding hydrogens is 262 g/mol. The number of rotatable bonds is 8. The van der Waals surface area contributed by atoms with Crippen LogP contribution in [0.15, 0.2) is 18.2 Å². The Hall–Kier alpha value is -1.51. The van der Waals surface area contributed by atoms with E-state index >= 15 is 0 Å². The van der Waals surface area contributed by atoms with E-state index in [1.165, 1.54) is 5.56 Å². The smallest absolute Gasteiger partial charge is 0.225 e. The van der Waals surface area contributed by atoms with Crippen molar-refractivity contribution in [2.24, 2.45) is 5.41 Å². The third kappa shape index (κ3) is 5.78. The lowest BCUT2D eigenvalue weighted by molar-refractivity contribution is -0.129. The maximum atomic E-state index is 12.0. The fourth-order valence-corrected chi connectivity index (χ4v) is 2.15. The molecule has 0 unspecified atom stereocenters. The van der Waals surface area contributed by atoms with Crippen molar-refractivity contribution in [3.05, 3.63) is 29.3 Å². The first-order chi connectivity index (χ1) is 9.86. The number of ether oxygens (including phenoxy) is 1. The fraction of sp³-hybridized carbons (Fsp3) is 0.611. The van der Waals surface area contributed by atoms with Gasteiger partial charge in [-0.05, 0) is 50.3 Å². The van der Waals surface area contributed by atoms with Crippen LogP contribution in [0.25, 0.3) is 0 Å². The van der Waals surface area contributed by atoms with Gasteiger partial charge in [0.05, 0.1) is 6.61 Å². The molecule has 0 aliphatic carbocycles. The van der Waals surface area contributed by atoms with E-state index in [1.807, 2.05) is 13.8 Å². The molecule has 1 N–H and O–H groups in total. The molecule has 0 heterocycles. The molecular formula is C18H29NO2. The standard InChI is InChI=1S/C18H29NO2/c1-6-11-19-17(20)18(4,5)10-7-12-21-16-13-14(2)8-9-15(16)3/h8-9,13H,6-7,10-12H2,1-5H3,(H,19,20). The molecule has 0 atom stereocenters. The Morgan fingerprint density at radius 2 is 2.00 bits per heavy atom. The van der Waals surface area contributed by atoms with E-state index in [2.05, 4.69) is 44.3 Å². The second-order valence-corrected chi connectivity index (χ2v) is 6.36. The van der Waals surface area contributed by atoms with Crippen LogP contribution in [0.2, 0.25) is 0 Å². The zero-order chi connectivity index (χ0) is 15.9. The van der Waals surface area contributed by atoms with Crippen LogP contribution in [0.1, 0.15) is 51.2 Å². The van der Waals surface area contributed by atoms with Crippen molar-refractivity contribution in [2.45, 2.75) is 53.9 Å². The molecule has 0 spiro atoms. The van der Waals surface area contributed by atoms with Crippen molar-refractivity contribution in [3.63, 3.8) is 0 Å². The van der Waals surface area contributed by atoms with Gasteiger partial charge in [-0.25, -0.2) is 0 Å². The molecule has 0 aliphatic rings. The number of amides is 1.